The van der Waals surface area contributed by atoms with Crippen molar-refractivity contribution in [2.45, 2.75) is 26.4 Å². The SMILES string of the molecule is COC(C)(C)C(=O)c1nnc(C)n1C. The van der Waals surface area contributed by atoms with Crippen LogP contribution in [-0.2, 0) is 11.8 Å². The lowest BCUT2D eigenvalue weighted by atomic mass is 10.0. The maximum absolute atomic E-state index is 11.9. The highest BCUT2D eigenvalue weighted by Gasteiger charge is 2.31. The van der Waals surface area contributed by atoms with E-state index in [1.165, 1.54) is 7.11 Å². The van der Waals surface area contributed by atoms with E-state index < -0.39 is 5.60 Å². The van der Waals surface area contributed by atoms with Crippen LogP contribution in [0.15, 0.2) is 0 Å². The molecule has 78 valence electrons. The first-order chi connectivity index (χ1) is 6.40. The third kappa shape index (κ3) is 1.68. The van der Waals surface area contributed by atoms with Crippen molar-refractivity contribution in [2.75, 3.05) is 7.11 Å². The first-order valence-corrected chi connectivity index (χ1v) is 4.36. The molecule has 0 aliphatic heterocycles. The predicted molar refractivity (Wildman–Crippen MR) is 51.2 cm³/mol. The molecule has 0 saturated heterocycles. The molecule has 0 atom stereocenters. The highest BCUT2D eigenvalue weighted by Crippen LogP contribution is 2.14. The van der Waals surface area contributed by atoms with Crippen LogP contribution in [0.4, 0.5) is 0 Å². The molecule has 1 aromatic heterocycles. The van der Waals surface area contributed by atoms with Crippen molar-refractivity contribution in [1.29, 1.82) is 0 Å². The largest absolute Gasteiger partial charge is 0.371 e. The van der Waals surface area contributed by atoms with Crippen molar-refractivity contribution in [3.63, 3.8) is 0 Å². The number of ether oxygens (including phenoxy) is 1. The van der Waals surface area contributed by atoms with Crippen LogP contribution < -0.4 is 0 Å². The van der Waals surface area contributed by atoms with Gasteiger partial charge in [-0.1, -0.05) is 0 Å². The first-order valence-electron chi connectivity index (χ1n) is 4.36. The number of aromatic nitrogens is 3. The van der Waals surface area contributed by atoms with E-state index in [1.54, 1.807) is 32.4 Å². The fourth-order valence-electron chi connectivity index (χ4n) is 0.967. The molecule has 5 nitrogen and oxygen atoms in total. The standard InChI is InChI=1S/C9H15N3O2/c1-6-10-11-8(12(6)4)7(13)9(2,3)14-5/h1-5H3. The van der Waals surface area contributed by atoms with Gasteiger partial charge in [-0.3, -0.25) is 4.79 Å². The van der Waals surface area contributed by atoms with E-state index >= 15 is 0 Å². The maximum Gasteiger partial charge on any atom is 0.231 e. The van der Waals surface area contributed by atoms with Gasteiger partial charge in [0.15, 0.2) is 0 Å². The van der Waals surface area contributed by atoms with E-state index in [2.05, 4.69) is 10.2 Å². The molecular weight excluding hydrogens is 182 g/mol. The third-order valence-corrected chi connectivity index (χ3v) is 2.35. The van der Waals surface area contributed by atoms with Gasteiger partial charge in [0, 0.05) is 14.2 Å². The second kappa shape index (κ2) is 3.49. The minimum Gasteiger partial charge on any atom is -0.371 e. The molecular formula is C9H15N3O2. The normalized spacial score (nSPS) is 11.8. The molecule has 0 N–H and O–H groups in total. The second-order valence-corrected chi connectivity index (χ2v) is 3.67. The number of ketones is 1. The lowest BCUT2D eigenvalue weighted by molar-refractivity contribution is 0.0215. The number of methoxy groups -OCH3 is 1. The van der Waals surface area contributed by atoms with Gasteiger partial charge in [-0.25, -0.2) is 0 Å². The summed E-state index contributed by atoms with van der Waals surface area (Å²) in [6.45, 7) is 5.21. The number of Topliss-reactive ketones (excluding diaryl/α,β-unsaturated/α-hetero) is 1. The minimum absolute atomic E-state index is 0.164. The van der Waals surface area contributed by atoms with Gasteiger partial charge >= 0.3 is 0 Å². The zero-order valence-electron chi connectivity index (χ0n) is 9.16. The van der Waals surface area contributed by atoms with Crippen LogP contribution in [0, 0.1) is 6.92 Å². The number of hydrogen-bond acceptors (Lipinski definition) is 4. The Bertz CT molecular complexity index is 355. The van der Waals surface area contributed by atoms with E-state index in [-0.39, 0.29) is 5.78 Å². The summed E-state index contributed by atoms with van der Waals surface area (Å²) in [6.07, 6.45) is 0. The van der Waals surface area contributed by atoms with Crippen molar-refractivity contribution >= 4 is 5.78 Å². The number of hydrogen-bond donors (Lipinski definition) is 0. The lowest BCUT2D eigenvalue weighted by Crippen LogP contribution is -2.35. The molecule has 0 unspecified atom stereocenters. The van der Waals surface area contributed by atoms with Crippen molar-refractivity contribution < 1.29 is 9.53 Å². The molecule has 0 aliphatic rings. The lowest BCUT2D eigenvalue weighted by Gasteiger charge is -2.20. The summed E-state index contributed by atoms with van der Waals surface area (Å²) in [6, 6.07) is 0. The zero-order valence-corrected chi connectivity index (χ0v) is 9.16. The van der Waals surface area contributed by atoms with Gasteiger partial charge in [-0.05, 0) is 20.8 Å². The topological polar surface area (TPSA) is 57.0 Å². The molecule has 0 radical (unpaired) electrons. The van der Waals surface area contributed by atoms with Crippen molar-refractivity contribution in [3.8, 4) is 0 Å². The van der Waals surface area contributed by atoms with Gasteiger partial charge in [-0.15, -0.1) is 10.2 Å². The quantitative estimate of drug-likeness (QED) is 0.670. The van der Waals surface area contributed by atoms with Gasteiger partial charge in [0.25, 0.3) is 0 Å². The Balaban J connectivity index is 3.07. The molecule has 0 saturated carbocycles. The second-order valence-electron chi connectivity index (χ2n) is 3.67. The van der Waals surface area contributed by atoms with Crippen LogP contribution in [0.2, 0.25) is 0 Å². The molecule has 0 amide bonds. The first kappa shape index (κ1) is 10.8. The van der Waals surface area contributed by atoms with E-state index in [0.29, 0.717) is 11.6 Å². The summed E-state index contributed by atoms with van der Waals surface area (Å²) in [4.78, 5) is 11.9. The molecule has 0 bridgehead atoms. The van der Waals surface area contributed by atoms with Gasteiger partial charge < -0.3 is 9.30 Å². The van der Waals surface area contributed by atoms with E-state index in [4.69, 9.17) is 4.74 Å². The summed E-state index contributed by atoms with van der Waals surface area (Å²) in [5.41, 5.74) is -0.854. The third-order valence-electron chi connectivity index (χ3n) is 2.35. The van der Waals surface area contributed by atoms with Gasteiger partial charge in [0.2, 0.25) is 11.6 Å². The zero-order chi connectivity index (χ0) is 10.9. The highest BCUT2D eigenvalue weighted by molar-refractivity contribution is 5.99. The molecule has 1 rings (SSSR count). The Morgan fingerprint density at radius 3 is 2.36 bits per heavy atom. The maximum atomic E-state index is 11.9. The molecule has 14 heavy (non-hydrogen) atoms. The average Bonchev–Trinajstić information content (AvgIpc) is 2.47. The van der Waals surface area contributed by atoms with Gasteiger partial charge in [0.05, 0.1) is 0 Å². The van der Waals surface area contributed by atoms with Crippen LogP contribution >= 0.6 is 0 Å². The Labute approximate surface area is 83.1 Å². The molecule has 0 fully saturated rings. The van der Waals surface area contributed by atoms with Crippen LogP contribution in [-0.4, -0.2) is 33.3 Å². The van der Waals surface area contributed by atoms with Crippen LogP contribution in [0.25, 0.3) is 0 Å². The number of carbonyl (C=O) groups is 1. The number of carbonyl (C=O) groups excluding carboxylic acids is 1. The highest BCUT2D eigenvalue weighted by atomic mass is 16.5. The Kier molecular flexibility index (Phi) is 2.71. The summed E-state index contributed by atoms with van der Waals surface area (Å²) in [7, 11) is 3.26. The van der Waals surface area contributed by atoms with Crippen molar-refractivity contribution in [2.24, 2.45) is 7.05 Å². The number of aryl methyl sites for hydroxylation is 1. The Morgan fingerprint density at radius 2 is 2.00 bits per heavy atom. The Morgan fingerprint density at radius 1 is 1.43 bits per heavy atom. The molecule has 1 aromatic rings. The fraction of sp³-hybridized carbons (Fsp3) is 0.667. The van der Waals surface area contributed by atoms with Crippen LogP contribution in [0.1, 0.15) is 30.3 Å². The van der Waals surface area contributed by atoms with Crippen LogP contribution in [0.5, 0.6) is 0 Å². The fourth-order valence-corrected chi connectivity index (χ4v) is 0.967. The summed E-state index contributed by atoms with van der Waals surface area (Å²) >= 11 is 0. The van der Waals surface area contributed by atoms with E-state index in [0.717, 1.165) is 0 Å². The summed E-state index contributed by atoms with van der Waals surface area (Å²) in [5.74, 6) is 0.873. The van der Waals surface area contributed by atoms with Crippen LogP contribution in [0.3, 0.4) is 0 Å². The van der Waals surface area contributed by atoms with E-state index in [1.807, 2.05) is 0 Å². The smallest absolute Gasteiger partial charge is 0.231 e. The molecule has 0 aromatic carbocycles. The van der Waals surface area contributed by atoms with Gasteiger partial charge in [0.1, 0.15) is 11.4 Å². The Hall–Kier alpha value is -1.23. The molecule has 0 aliphatic carbocycles. The number of rotatable bonds is 3. The van der Waals surface area contributed by atoms with Crippen molar-refractivity contribution in [1.82, 2.24) is 14.8 Å². The van der Waals surface area contributed by atoms with E-state index in [9.17, 15) is 4.79 Å². The molecule has 5 heteroatoms. The molecule has 1 heterocycles. The minimum atomic E-state index is -0.854. The van der Waals surface area contributed by atoms with Gasteiger partial charge in [-0.2, -0.15) is 0 Å². The summed E-state index contributed by atoms with van der Waals surface area (Å²) in [5, 5.41) is 7.63. The predicted octanol–water partition coefficient (Wildman–Crippen LogP) is 0.731. The average molecular weight is 197 g/mol. The monoisotopic (exact) mass is 197 g/mol. The number of nitrogens with zero attached hydrogens (tertiary/aromatic N) is 3. The molecule has 0 spiro atoms. The summed E-state index contributed by atoms with van der Waals surface area (Å²) < 4.78 is 6.74. The van der Waals surface area contributed by atoms with Crippen molar-refractivity contribution in [3.05, 3.63) is 11.6 Å².